The molecule has 0 atom stereocenters. The van der Waals surface area contributed by atoms with Crippen LogP contribution in [0.15, 0.2) is 30.3 Å². The molecule has 1 aliphatic rings. The normalized spacial score (nSPS) is 16.9. The van der Waals surface area contributed by atoms with E-state index in [2.05, 4.69) is 36.2 Å². The number of rotatable bonds is 2. The lowest BCUT2D eigenvalue weighted by Crippen LogP contribution is -2.06. The lowest BCUT2D eigenvalue weighted by atomic mass is 9.86. The van der Waals surface area contributed by atoms with Crippen LogP contribution in [0.5, 0.6) is 0 Å². The van der Waals surface area contributed by atoms with Crippen LogP contribution >= 0.6 is 0 Å². The fraction of sp³-hybridized carbons (Fsp3) is 0.438. The molecule has 2 heteroatoms. The third kappa shape index (κ3) is 2.20. The van der Waals surface area contributed by atoms with Gasteiger partial charge in [0.2, 0.25) is 0 Å². The Hall–Kier alpha value is -1.57. The molecule has 1 aromatic carbocycles. The highest BCUT2D eigenvalue weighted by Crippen LogP contribution is 2.34. The van der Waals surface area contributed by atoms with Gasteiger partial charge in [0.1, 0.15) is 5.82 Å². The molecule has 1 N–H and O–H groups in total. The van der Waals surface area contributed by atoms with Crippen LogP contribution in [0.25, 0.3) is 11.4 Å². The molecule has 0 spiro atoms. The van der Waals surface area contributed by atoms with Gasteiger partial charge in [-0.25, -0.2) is 4.98 Å². The lowest BCUT2D eigenvalue weighted by Gasteiger charge is -2.20. The lowest BCUT2D eigenvalue weighted by molar-refractivity contribution is 0.436. The highest BCUT2D eigenvalue weighted by atomic mass is 14.9. The predicted molar refractivity (Wildman–Crippen MR) is 74.6 cm³/mol. The van der Waals surface area contributed by atoms with Crippen molar-refractivity contribution in [3.63, 3.8) is 0 Å². The first kappa shape index (κ1) is 11.5. The van der Waals surface area contributed by atoms with Crippen LogP contribution in [0.2, 0.25) is 0 Å². The third-order valence-corrected chi connectivity index (χ3v) is 3.96. The Balaban J connectivity index is 1.91. The van der Waals surface area contributed by atoms with Crippen LogP contribution < -0.4 is 0 Å². The van der Waals surface area contributed by atoms with E-state index >= 15 is 0 Å². The molecule has 0 saturated heterocycles. The zero-order valence-corrected chi connectivity index (χ0v) is 10.9. The Morgan fingerprint density at radius 1 is 1.06 bits per heavy atom. The fourth-order valence-corrected chi connectivity index (χ4v) is 2.98. The van der Waals surface area contributed by atoms with E-state index in [1.54, 1.807) is 0 Å². The highest BCUT2D eigenvalue weighted by Gasteiger charge is 2.20. The van der Waals surface area contributed by atoms with Crippen molar-refractivity contribution in [1.82, 2.24) is 9.97 Å². The third-order valence-electron chi connectivity index (χ3n) is 3.96. The Labute approximate surface area is 108 Å². The van der Waals surface area contributed by atoms with Gasteiger partial charge >= 0.3 is 0 Å². The Kier molecular flexibility index (Phi) is 3.18. The van der Waals surface area contributed by atoms with Crippen LogP contribution in [0.1, 0.15) is 49.4 Å². The molecule has 0 amide bonds. The SMILES string of the molecule is Cc1[nH]c(-c2ccccc2)nc1C1CCCCC1. The summed E-state index contributed by atoms with van der Waals surface area (Å²) in [6.45, 7) is 2.16. The second kappa shape index (κ2) is 4.97. The van der Waals surface area contributed by atoms with Gasteiger partial charge in [-0.1, -0.05) is 49.6 Å². The number of hydrogen-bond donors (Lipinski definition) is 1. The van der Waals surface area contributed by atoms with Gasteiger partial charge in [-0.15, -0.1) is 0 Å². The summed E-state index contributed by atoms with van der Waals surface area (Å²) in [6, 6.07) is 10.4. The van der Waals surface area contributed by atoms with Crippen molar-refractivity contribution in [3.8, 4) is 11.4 Å². The first-order valence-corrected chi connectivity index (χ1v) is 6.96. The number of nitrogens with zero attached hydrogens (tertiary/aromatic N) is 1. The van der Waals surface area contributed by atoms with Gasteiger partial charge in [0.25, 0.3) is 0 Å². The number of aromatic amines is 1. The summed E-state index contributed by atoms with van der Waals surface area (Å²) in [5, 5.41) is 0. The summed E-state index contributed by atoms with van der Waals surface area (Å²) in [7, 11) is 0. The monoisotopic (exact) mass is 240 g/mol. The molecule has 2 nitrogen and oxygen atoms in total. The molecule has 1 aromatic heterocycles. The van der Waals surface area contributed by atoms with Gasteiger partial charge in [-0.3, -0.25) is 0 Å². The zero-order chi connectivity index (χ0) is 12.4. The average Bonchev–Trinajstić information content (AvgIpc) is 2.83. The van der Waals surface area contributed by atoms with Gasteiger partial charge in [0, 0.05) is 17.2 Å². The maximum Gasteiger partial charge on any atom is 0.137 e. The van der Waals surface area contributed by atoms with Crippen LogP contribution in [-0.4, -0.2) is 9.97 Å². The summed E-state index contributed by atoms with van der Waals surface area (Å²) in [5.41, 5.74) is 3.73. The summed E-state index contributed by atoms with van der Waals surface area (Å²) >= 11 is 0. The Morgan fingerprint density at radius 2 is 1.78 bits per heavy atom. The van der Waals surface area contributed by atoms with Crippen LogP contribution in [0.3, 0.4) is 0 Å². The average molecular weight is 240 g/mol. The summed E-state index contributed by atoms with van der Waals surface area (Å²) in [5.74, 6) is 1.70. The van der Waals surface area contributed by atoms with Crippen LogP contribution in [0.4, 0.5) is 0 Å². The van der Waals surface area contributed by atoms with Crippen molar-refractivity contribution >= 4 is 0 Å². The van der Waals surface area contributed by atoms with Crippen molar-refractivity contribution in [2.24, 2.45) is 0 Å². The van der Waals surface area contributed by atoms with Gasteiger partial charge in [0.15, 0.2) is 0 Å². The van der Waals surface area contributed by atoms with E-state index in [-0.39, 0.29) is 0 Å². The molecular formula is C16H20N2. The number of benzene rings is 1. The Bertz CT molecular complexity index is 507. The van der Waals surface area contributed by atoms with Crippen molar-refractivity contribution in [1.29, 1.82) is 0 Å². The maximum atomic E-state index is 4.85. The maximum absolute atomic E-state index is 4.85. The largest absolute Gasteiger partial charge is 0.342 e. The number of aryl methyl sites for hydroxylation is 1. The van der Waals surface area contributed by atoms with E-state index < -0.39 is 0 Å². The van der Waals surface area contributed by atoms with E-state index in [4.69, 9.17) is 4.98 Å². The molecule has 1 heterocycles. The van der Waals surface area contributed by atoms with Crippen molar-refractivity contribution in [2.45, 2.75) is 44.9 Å². The Morgan fingerprint density at radius 3 is 2.50 bits per heavy atom. The molecule has 18 heavy (non-hydrogen) atoms. The molecule has 0 radical (unpaired) electrons. The molecule has 1 aliphatic carbocycles. The second-order valence-electron chi connectivity index (χ2n) is 5.30. The minimum atomic E-state index is 0.674. The van der Waals surface area contributed by atoms with Gasteiger partial charge in [0.05, 0.1) is 5.69 Å². The van der Waals surface area contributed by atoms with Crippen molar-refractivity contribution < 1.29 is 0 Å². The first-order valence-electron chi connectivity index (χ1n) is 6.96. The second-order valence-corrected chi connectivity index (χ2v) is 5.30. The number of nitrogens with one attached hydrogen (secondary N) is 1. The number of imidazole rings is 1. The smallest absolute Gasteiger partial charge is 0.137 e. The molecule has 0 bridgehead atoms. The quantitative estimate of drug-likeness (QED) is 0.826. The van der Waals surface area contributed by atoms with Gasteiger partial charge < -0.3 is 4.98 Å². The number of hydrogen-bond acceptors (Lipinski definition) is 1. The number of H-pyrrole nitrogens is 1. The molecule has 0 unspecified atom stereocenters. The number of aromatic nitrogens is 2. The van der Waals surface area contributed by atoms with Gasteiger partial charge in [-0.2, -0.15) is 0 Å². The molecule has 3 rings (SSSR count). The van der Waals surface area contributed by atoms with Crippen LogP contribution in [0, 0.1) is 6.92 Å². The van der Waals surface area contributed by atoms with E-state index in [1.165, 1.54) is 49.1 Å². The predicted octanol–water partition coefficient (Wildman–Crippen LogP) is 4.43. The zero-order valence-electron chi connectivity index (χ0n) is 10.9. The minimum absolute atomic E-state index is 0.674. The first-order chi connectivity index (χ1) is 8.84. The van der Waals surface area contributed by atoms with Crippen molar-refractivity contribution in [2.75, 3.05) is 0 Å². The molecule has 2 aromatic rings. The molecular weight excluding hydrogens is 220 g/mol. The fourth-order valence-electron chi connectivity index (χ4n) is 2.98. The molecule has 0 aliphatic heterocycles. The van der Waals surface area contributed by atoms with E-state index in [9.17, 15) is 0 Å². The van der Waals surface area contributed by atoms with E-state index in [1.807, 2.05) is 6.07 Å². The van der Waals surface area contributed by atoms with Crippen molar-refractivity contribution in [3.05, 3.63) is 41.7 Å². The summed E-state index contributed by atoms with van der Waals surface area (Å²) in [4.78, 5) is 8.30. The van der Waals surface area contributed by atoms with Gasteiger partial charge in [-0.05, 0) is 19.8 Å². The topological polar surface area (TPSA) is 28.7 Å². The van der Waals surface area contributed by atoms with Crippen LogP contribution in [-0.2, 0) is 0 Å². The standard InChI is InChI=1S/C16H20N2/c1-12-15(13-8-4-2-5-9-13)18-16(17-12)14-10-6-3-7-11-14/h3,6-7,10-11,13H,2,4-5,8-9H2,1H3,(H,17,18). The molecule has 1 fully saturated rings. The van der Waals surface area contributed by atoms with E-state index in [0.717, 1.165) is 5.82 Å². The minimum Gasteiger partial charge on any atom is -0.342 e. The summed E-state index contributed by atoms with van der Waals surface area (Å²) < 4.78 is 0. The summed E-state index contributed by atoms with van der Waals surface area (Å²) in [6.07, 6.45) is 6.72. The molecule has 94 valence electrons. The molecule has 1 saturated carbocycles. The van der Waals surface area contributed by atoms with E-state index in [0.29, 0.717) is 5.92 Å². The highest BCUT2D eigenvalue weighted by molar-refractivity contribution is 5.55.